The van der Waals surface area contributed by atoms with Gasteiger partial charge >= 0.3 is 11.9 Å². The number of hydrogen-bond acceptors (Lipinski definition) is 8. The van der Waals surface area contributed by atoms with E-state index in [9.17, 15) is 14.4 Å². The molecule has 0 fully saturated rings. The van der Waals surface area contributed by atoms with Crippen LogP contribution in [0.3, 0.4) is 0 Å². The largest absolute Gasteiger partial charge is 0.497 e. The average Bonchev–Trinajstić information content (AvgIpc) is 3.29. The van der Waals surface area contributed by atoms with Gasteiger partial charge in [-0.25, -0.2) is 0 Å². The SMILES string of the molecule is COc1ccc2c(c1)c(/C=C1\Oc3cc(OC(C)=O)cc(OC(C)=O)c3C1=O)cn2CCCN(C)C. The Morgan fingerprint density at radius 1 is 1.06 bits per heavy atom. The van der Waals surface area contributed by atoms with Gasteiger partial charge in [0.15, 0.2) is 5.76 Å². The smallest absolute Gasteiger partial charge is 0.308 e. The van der Waals surface area contributed by atoms with E-state index in [2.05, 4.69) is 9.47 Å². The van der Waals surface area contributed by atoms with Gasteiger partial charge in [-0.3, -0.25) is 14.4 Å². The molecule has 1 aliphatic heterocycles. The molecule has 2 aromatic carbocycles. The summed E-state index contributed by atoms with van der Waals surface area (Å²) in [6.07, 6.45) is 4.59. The number of hydrogen-bond donors (Lipinski definition) is 0. The van der Waals surface area contributed by atoms with E-state index in [0.29, 0.717) is 5.75 Å². The third-order valence-corrected chi connectivity index (χ3v) is 5.64. The van der Waals surface area contributed by atoms with Crippen molar-refractivity contribution >= 4 is 34.7 Å². The molecule has 36 heavy (non-hydrogen) atoms. The highest BCUT2D eigenvalue weighted by Gasteiger charge is 2.33. The van der Waals surface area contributed by atoms with E-state index in [0.717, 1.165) is 36.0 Å². The number of esters is 2. The number of ether oxygens (including phenoxy) is 4. The highest BCUT2D eigenvalue weighted by Crippen LogP contribution is 2.42. The molecule has 0 N–H and O–H groups in total. The van der Waals surface area contributed by atoms with Crippen LogP contribution in [0.15, 0.2) is 42.3 Å². The van der Waals surface area contributed by atoms with Crippen LogP contribution in [-0.4, -0.2) is 54.9 Å². The molecule has 188 valence electrons. The summed E-state index contributed by atoms with van der Waals surface area (Å²) in [7, 11) is 5.67. The quantitative estimate of drug-likeness (QED) is 0.264. The molecule has 0 unspecified atom stereocenters. The number of benzene rings is 2. The van der Waals surface area contributed by atoms with E-state index in [1.165, 1.54) is 26.0 Å². The first-order chi connectivity index (χ1) is 17.2. The van der Waals surface area contributed by atoms with Gasteiger partial charge in [-0.05, 0) is 51.3 Å². The van der Waals surface area contributed by atoms with E-state index < -0.39 is 17.7 Å². The van der Waals surface area contributed by atoms with Crippen LogP contribution in [0.1, 0.15) is 36.2 Å². The van der Waals surface area contributed by atoms with Crippen molar-refractivity contribution in [1.82, 2.24) is 9.47 Å². The number of carbonyl (C=O) groups excluding carboxylic acids is 3. The van der Waals surface area contributed by atoms with Crippen LogP contribution in [0.25, 0.3) is 17.0 Å². The Labute approximate surface area is 208 Å². The fourth-order valence-corrected chi connectivity index (χ4v) is 4.14. The molecule has 2 heterocycles. The topological polar surface area (TPSA) is 96.3 Å². The second kappa shape index (κ2) is 10.2. The summed E-state index contributed by atoms with van der Waals surface area (Å²) in [5.74, 6) is -0.631. The maximum atomic E-state index is 13.3. The molecule has 0 bridgehead atoms. The van der Waals surface area contributed by atoms with Crippen molar-refractivity contribution in [3.63, 3.8) is 0 Å². The summed E-state index contributed by atoms with van der Waals surface area (Å²) >= 11 is 0. The van der Waals surface area contributed by atoms with Crippen molar-refractivity contribution in [3.05, 3.63) is 53.4 Å². The number of allylic oxidation sites excluding steroid dienone is 1. The van der Waals surface area contributed by atoms with Gasteiger partial charge < -0.3 is 28.4 Å². The standard InChI is InChI=1S/C27H28N2O7/c1-16(30)34-20-13-23(35-17(2)31)26-24(14-20)36-25(27(26)32)11-18-15-29(10-6-9-28(3)4)22-8-7-19(33-5)12-21(18)22/h7-8,11-15H,6,9-10H2,1-5H3/b25-11-. The maximum Gasteiger partial charge on any atom is 0.308 e. The second-order valence-corrected chi connectivity index (χ2v) is 8.74. The third-order valence-electron chi connectivity index (χ3n) is 5.64. The number of aryl methyl sites for hydroxylation is 1. The van der Waals surface area contributed by atoms with Crippen LogP contribution in [0.5, 0.6) is 23.0 Å². The molecule has 0 aliphatic carbocycles. The molecule has 9 heteroatoms. The number of nitrogens with zero attached hydrogens (tertiary/aromatic N) is 2. The minimum Gasteiger partial charge on any atom is -0.497 e. The number of ketones is 1. The van der Waals surface area contributed by atoms with Gasteiger partial charge in [0.05, 0.1) is 7.11 Å². The zero-order chi connectivity index (χ0) is 26.0. The molecule has 9 nitrogen and oxygen atoms in total. The van der Waals surface area contributed by atoms with E-state index in [1.54, 1.807) is 13.2 Å². The summed E-state index contributed by atoms with van der Waals surface area (Å²) in [6.45, 7) is 4.20. The maximum absolute atomic E-state index is 13.3. The minimum absolute atomic E-state index is 0.0302. The highest BCUT2D eigenvalue weighted by atomic mass is 16.6. The number of rotatable bonds is 8. The van der Waals surface area contributed by atoms with Crippen LogP contribution in [0.4, 0.5) is 0 Å². The Hall–Kier alpha value is -4.11. The van der Waals surface area contributed by atoms with Gasteiger partial charge in [0, 0.05) is 55.2 Å². The van der Waals surface area contributed by atoms with E-state index >= 15 is 0 Å². The van der Waals surface area contributed by atoms with Crippen molar-refractivity contribution in [2.75, 3.05) is 27.7 Å². The molecule has 0 atom stereocenters. The molecule has 0 spiro atoms. The van der Waals surface area contributed by atoms with E-state index in [1.807, 2.05) is 38.5 Å². The molecule has 0 saturated heterocycles. The average molecular weight is 493 g/mol. The molecule has 0 amide bonds. The highest BCUT2D eigenvalue weighted by molar-refractivity contribution is 6.17. The molecule has 0 radical (unpaired) electrons. The molecule has 1 aliphatic rings. The summed E-state index contributed by atoms with van der Waals surface area (Å²) < 4.78 is 23.8. The summed E-state index contributed by atoms with van der Waals surface area (Å²) in [5.41, 5.74) is 1.88. The number of aromatic nitrogens is 1. The normalized spacial score (nSPS) is 13.7. The predicted octanol–water partition coefficient (Wildman–Crippen LogP) is 4.07. The van der Waals surface area contributed by atoms with Gasteiger partial charge in [-0.2, -0.15) is 0 Å². The van der Waals surface area contributed by atoms with Crippen molar-refractivity contribution in [2.24, 2.45) is 0 Å². The van der Waals surface area contributed by atoms with Crippen molar-refractivity contribution in [1.29, 1.82) is 0 Å². The van der Waals surface area contributed by atoms with Crippen molar-refractivity contribution < 1.29 is 33.3 Å². The lowest BCUT2D eigenvalue weighted by Gasteiger charge is -2.10. The first kappa shape index (κ1) is 25.0. The Balaban J connectivity index is 1.76. The van der Waals surface area contributed by atoms with Crippen LogP contribution in [0, 0.1) is 0 Å². The van der Waals surface area contributed by atoms with E-state index in [-0.39, 0.29) is 28.6 Å². The molecule has 4 rings (SSSR count). The van der Waals surface area contributed by atoms with Crippen LogP contribution < -0.4 is 18.9 Å². The number of methoxy groups -OCH3 is 1. The predicted molar refractivity (Wildman–Crippen MR) is 134 cm³/mol. The fourth-order valence-electron chi connectivity index (χ4n) is 4.14. The lowest BCUT2D eigenvalue weighted by atomic mass is 10.1. The fraction of sp³-hybridized carbons (Fsp3) is 0.296. The number of Topliss-reactive ketones (excluding diaryl/α,β-unsaturated/α-hetero) is 1. The summed E-state index contributed by atoms with van der Waals surface area (Å²) in [6, 6.07) is 8.56. The zero-order valence-corrected chi connectivity index (χ0v) is 20.9. The van der Waals surface area contributed by atoms with Crippen LogP contribution in [0.2, 0.25) is 0 Å². The lowest BCUT2D eigenvalue weighted by molar-refractivity contribution is -0.132. The second-order valence-electron chi connectivity index (χ2n) is 8.74. The monoisotopic (exact) mass is 492 g/mol. The first-order valence-corrected chi connectivity index (χ1v) is 11.5. The zero-order valence-electron chi connectivity index (χ0n) is 20.9. The van der Waals surface area contributed by atoms with Crippen molar-refractivity contribution in [3.8, 4) is 23.0 Å². The molecule has 1 aromatic heterocycles. The Morgan fingerprint density at radius 3 is 2.47 bits per heavy atom. The first-order valence-electron chi connectivity index (χ1n) is 11.5. The molecule has 0 saturated carbocycles. The third kappa shape index (κ3) is 5.26. The van der Waals surface area contributed by atoms with Gasteiger partial charge in [0.1, 0.15) is 28.6 Å². The molecular formula is C27H28N2O7. The van der Waals surface area contributed by atoms with Crippen LogP contribution >= 0.6 is 0 Å². The number of carbonyl (C=O) groups is 3. The Bertz CT molecular complexity index is 1380. The Morgan fingerprint density at radius 2 is 1.81 bits per heavy atom. The van der Waals surface area contributed by atoms with Crippen LogP contribution in [-0.2, 0) is 16.1 Å². The van der Waals surface area contributed by atoms with Gasteiger partial charge in [0.2, 0.25) is 5.78 Å². The van der Waals surface area contributed by atoms with Crippen molar-refractivity contribution in [2.45, 2.75) is 26.8 Å². The van der Waals surface area contributed by atoms with E-state index in [4.69, 9.17) is 18.9 Å². The lowest BCUT2D eigenvalue weighted by Crippen LogP contribution is -2.14. The van der Waals surface area contributed by atoms with Gasteiger partial charge in [0.25, 0.3) is 0 Å². The van der Waals surface area contributed by atoms with Gasteiger partial charge in [-0.15, -0.1) is 0 Å². The Kier molecular flexibility index (Phi) is 7.12. The molecular weight excluding hydrogens is 464 g/mol. The number of fused-ring (bicyclic) bond motifs is 2. The summed E-state index contributed by atoms with van der Waals surface area (Å²) in [5, 5.41) is 0.903. The summed E-state index contributed by atoms with van der Waals surface area (Å²) in [4.78, 5) is 38.5. The minimum atomic E-state index is -0.615. The van der Waals surface area contributed by atoms with Gasteiger partial charge in [-0.1, -0.05) is 0 Å². The molecule has 3 aromatic rings.